The fraction of sp³-hybridized carbons (Fsp3) is 0.913. The first kappa shape index (κ1) is 24.9. The van der Waals surface area contributed by atoms with Gasteiger partial charge < -0.3 is 9.84 Å². The smallest absolute Gasteiger partial charge is 0.306 e. The Hall–Kier alpha value is -1.10. The van der Waals surface area contributed by atoms with E-state index < -0.39 is 5.97 Å². The number of piperidine rings is 1. The number of aliphatic carboxylic acids is 1. The molecule has 0 amide bonds. The number of ether oxygens (including phenoxy) is 1. The summed E-state index contributed by atoms with van der Waals surface area (Å²) < 4.78 is 5.99. The van der Waals surface area contributed by atoms with Crippen molar-refractivity contribution in [1.82, 2.24) is 4.90 Å². The summed E-state index contributed by atoms with van der Waals surface area (Å²) in [6, 6.07) is 0. The molecule has 0 aliphatic carbocycles. The quantitative estimate of drug-likeness (QED) is 0.352. The van der Waals surface area contributed by atoms with Gasteiger partial charge in [-0.15, -0.1) is 0 Å². The van der Waals surface area contributed by atoms with E-state index in [2.05, 4.69) is 46.6 Å². The van der Waals surface area contributed by atoms with Gasteiger partial charge in [-0.25, -0.2) is 0 Å². The summed E-state index contributed by atoms with van der Waals surface area (Å²) in [7, 11) is 2.22. The highest BCUT2D eigenvalue weighted by molar-refractivity contribution is 5.69. The number of carbonyl (C=O) groups excluding carboxylic acids is 1. The first-order chi connectivity index (χ1) is 13.1. The topological polar surface area (TPSA) is 66.8 Å². The van der Waals surface area contributed by atoms with Crippen LogP contribution >= 0.6 is 0 Å². The third-order valence-corrected chi connectivity index (χ3v) is 7.54. The predicted molar refractivity (Wildman–Crippen MR) is 113 cm³/mol. The lowest BCUT2D eigenvalue weighted by atomic mass is 9.68. The van der Waals surface area contributed by atoms with E-state index in [1.807, 2.05) is 0 Å². The van der Waals surface area contributed by atoms with Gasteiger partial charge in [-0.3, -0.25) is 14.5 Å². The Balaban J connectivity index is 2.42. The summed E-state index contributed by atoms with van der Waals surface area (Å²) in [6.45, 7) is 11.3. The molecule has 4 atom stereocenters. The minimum Gasteiger partial charge on any atom is -0.481 e. The lowest BCUT2D eigenvalue weighted by Gasteiger charge is -2.59. The standard InChI is InChI=1S/C23H43NO4/c1-7-22(4)17-19(18(3)23(5,8-2)24(22)6)28-21(27)16-14-12-10-9-11-13-15-20(25)26/h18-19H,7-17H2,1-6H3,(H,25,26). The molecule has 1 fully saturated rings. The van der Waals surface area contributed by atoms with Crippen LogP contribution in [0.3, 0.4) is 0 Å². The zero-order chi connectivity index (χ0) is 21.4. The molecule has 0 aromatic carbocycles. The molecule has 28 heavy (non-hydrogen) atoms. The number of hydrogen-bond donors (Lipinski definition) is 1. The van der Waals surface area contributed by atoms with Gasteiger partial charge in [0.15, 0.2) is 0 Å². The number of nitrogens with zero attached hydrogens (tertiary/aromatic N) is 1. The predicted octanol–water partition coefficient (Wildman–Crippen LogP) is 5.41. The Morgan fingerprint density at radius 2 is 1.54 bits per heavy atom. The molecule has 4 unspecified atom stereocenters. The zero-order valence-electron chi connectivity index (χ0n) is 19.1. The number of rotatable bonds is 12. The number of esters is 1. The van der Waals surface area contributed by atoms with E-state index in [4.69, 9.17) is 9.84 Å². The van der Waals surface area contributed by atoms with E-state index in [1.54, 1.807) is 0 Å². The van der Waals surface area contributed by atoms with Gasteiger partial charge in [0.2, 0.25) is 0 Å². The van der Waals surface area contributed by atoms with E-state index in [0.29, 0.717) is 12.3 Å². The fourth-order valence-corrected chi connectivity index (χ4v) is 4.63. The lowest BCUT2D eigenvalue weighted by molar-refractivity contribution is -0.173. The van der Waals surface area contributed by atoms with Gasteiger partial charge in [0, 0.05) is 36.3 Å². The molecule has 0 aromatic rings. The first-order valence-electron chi connectivity index (χ1n) is 11.3. The molecule has 0 aromatic heterocycles. The van der Waals surface area contributed by atoms with Crippen LogP contribution in [-0.2, 0) is 14.3 Å². The number of carboxylic acids is 1. The molecule has 0 saturated carbocycles. The van der Waals surface area contributed by atoms with Crippen LogP contribution in [0.15, 0.2) is 0 Å². The van der Waals surface area contributed by atoms with Crippen LogP contribution in [0.5, 0.6) is 0 Å². The molecule has 1 rings (SSSR count). The van der Waals surface area contributed by atoms with Gasteiger partial charge in [0.1, 0.15) is 6.10 Å². The Kier molecular flexibility index (Phi) is 9.96. The monoisotopic (exact) mass is 397 g/mol. The van der Waals surface area contributed by atoms with E-state index in [1.165, 1.54) is 0 Å². The highest BCUT2D eigenvalue weighted by atomic mass is 16.5. The maximum Gasteiger partial charge on any atom is 0.306 e. The van der Waals surface area contributed by atoms with Gasteiger partial charge in [-0.05, 0) is 46.6 Å². The number of likely N-dealkylation sites (tertiary alicyclic amines) is 1. The average Bonchev–Trinajstić information content (AvgIpc) is 2.66. The normalized spacial score (nSPS) is 30.9. The van der Waals surface area contributed by atoms with Crippen molar-refractivity contribution in [2.24, 2.45) is 5.92 Å². The molecule has 0 bridgehead atoms. The van der Waals surface area contributed by atoms with E-state index in [0.717, 1.165) is 57.8 Å². The third kappa shape index (κ3) is 6.47. The molecular weight excluding hydrogens is 354 g/mol. The van der Waals surface area contributed by atoms with Gasteiger partial charge in [0.25, 0.3) is 0 Å². The molecule has 1 N–H and O–H groups in total. The summed E-state index contributed by atoms with van der Waals surface area (Å²) in [5.74, 6) is -0.478. The molecule has 1 aliphatic rings. The van der Waals surface area contributed by atoms with Crippen LogP contribution in [0.4, 0.5) is 0 Å². The SMILES string of the molecule is CCC1(C)CC(OC(=O)CCCCCCCCC(=O)O)C(C)C(C)(CC)N1C. The number of unbranched alkanes of at least 4 members (excludes halogenated alkanes) is 5. The van der Waals surface area contributed by atoms with Gasteiger partial charge in [-0.2, -0.15) is 0 Å². The second-order valence-corrected chi connectivity index (χ2v) is 9.16. The Morgan fingerprint density at radius 1 is 1.00 bits per heavy atom. The molecule has 1 saturated heterocycles. The summed E-state index contributed by atoms with van der Waals surface area (Å²) in [5, 5.41) is 8.63. The molecule has 0 spiro atoms. The van der Waals surface area contributed by atoms with Crippen molar-refractivity contribution in [3.8, 4) is 0 Å². The molecule has 5 heteroatoms. The first-order valence-corrected chi connectivity index (χ1v) is 11.3. The molecule has 164 valence electrons. The molecular formula is C23H43NO4. The van der Waals surface area contributed by atoms with Gasteiger partial charge in [0.05, 0.1) is 0 Å². The Bertz CT molecular complexity index is 509. The summed E-state index contributed by atoms with van der Waals surface area (Å²) >= 11 is 0. The average molecular weight is 398 g/mol. The number of carbonyl (C=O) groups is 2. The van der Waals surface area contributed by atoms with Crippen molar-refractivity contribution in [3.05, 3.63) is 0 Å². The van der Waals surface area contributed by atoms with E-state index in [9.17, 15) is 9.59 Å². The van der Waals surface area contributed by atoms with Crippen molar-refractivity contribution in [1.29, 1.82) is 0 Å². The number of hydrogen-bond acceptors (Lipinski definition) is 4. The van der Waals surface area contributed by atoms with Crippen LogP contribution in [0.2, 0.25) is 0 Å². The van der Waals surface area contributed by atoms with Gasteiger partial charge in [-0.1, -0.05) is 46.5 Å². The maximum absolute atomic E-state index is 12.4. The molecule has 1 heterocycles. The van der Waals surface area contributed by atoms with Crippen LogP contribution in [0.1, 0.15) is 105 Å². The highest BCUT2D eigenvalue weighted by Crippen LogP contribution is 2.45. The Labute approximate surface area is 172 Å². The minimum atomic E-state index is -0.718. The summed E-state index contributed by atoms with van der Waals surface area (Å²) in [5.41, 5.74) is 0.0854. The van der Waals surface area contributed by atoms with Crippen LogP contribution in [0, 0.1) is 5.92 Å². The van der Waals surface area contributed by atoms with Crippen molar-refractivity contribution in [2.45, 2.75) is 122 Å². The van der Waals surface area contributed by atoms with Crippen LogP contribution in [0.25, 0.3) is 0 Å². The highest BCUT2D eigenvalue weighted by Gasteiger charge is 2.52. The maximum atomic E-state index is 12.4. The largest absolute Gasteiger partial charge is 0.481 e. The van der Waals surface area contributed by atoms with E-state index >= 15 is 0 Å². The molecule has 1 aliphatic heterocycles. The van der Waals surface area contributed by atoms with E-state index in [-0.39, 0.29) is 29.6 Å². The second-order valence-electron chi connectivity index (χ2n) is 9.16. The van der Waals surface area contributed by atoms with Crippen molar-refractivity contribution < 1.29 is 19.4 Å². The Morgan fingerprint density at radius 3 is 2.04 bits per heavy atom. The van der Waals surface area contributed by atoms with Crippen molar-refractivity contribution in [2.75, 3.05) is 7.05 Å². The second kappa shape index (κ2) is 11.2. The van der Waals surface area contributed by atoms with Crippen molar-refractivity contribution in [3.63, 3.8) is 0 Å². The minimum absolute atomic E-state index is 0.0189. The van der Waals surface area contributed by atoms with Crippen LogP contribution < -0.4 is 0 Å². The molecule has 0 radical (unpaired) electrons. The summed E-state index contributed by atoms with van der Waals surface area (Å²) in [4.78, 5) is 25.4. The zero-order valence-corrected chi connectivity index (χ0v) is 19.1. The van der Waals surface area contributed by atoms with Crippen LogP contribution in [-0.4, -0.2) is 46.2 Å². The number of carboxylic acid groups (broad SMARTS) is 1. The lowest BCUT2D eigenvalue weighted by Crippen LogP contribution is -2.66. The van der Waals surface area contributed by atoms with Crippen molar-refractivity contribution >= 4 is 11.9 Å². The third-order valence-electron chi connectivity index (χ3n) is 7.54. The summed E-state index contributed by atoms with van der Waals surface area (Å²) in [6.07, 6.45) is 9.36. The fourth-order valence-electron chi connectivity index (χ4n) is 4.63. The van der Waals surface area contributed by atoms with Gasteiger partial charge >= 0.3 is 11.9 Å². The molecule has 5 nitrogen and oxygen atoms in total.